The lowest BCUT2D eigenvalue weighted by Crippen LogP contribution is -2.48. The van der Waals surface area contributed by atoms with Gasteiger partial charge in [-0.3, -0.25) is 15.0 Å². The summed E-state index contributed by atoms with van der Waals surface area (Å²) in [5.41, 5.74) is 11.8. The van der Waals surface area contributed by atoms with Crippen molar-refractivity contribution >= 4 is 11.7 Å². The maximum atomic E-state index is 13.1. The number of amides is 1. The van der Waals surface area contributed by atoms with Crippen LogP contribution in [0.25, 0.3) is 0 Å². The average Bonchev–Trinajstić information content (AvgIpc) is 2.82. The molecule has 0 fully saturated rings. The molecule has 1 amide bonds. The largest absolute Gasteiger partial charge is 0.494 e. The first kappa shape index (κ1) is 21.2. The van der Waals surface area contributed by atoms with Crippen LogP contribution in [0.3, 0.4) is 0 Å². The van der Waals surface area contributed by atoms with E-state index in [0.29, 0.717) is 48.5 Å². The minimum atomic E-state index is -0.580. The Kier molecular flexibility index (Phi) is 5.95. The van der Waals surface area contributed by atoms with E-state index in [1.807, 2.05) is 37.3 Å². The molecule has 1 atom stereocenters. The topological polar surface area (TPSA) is 108 Å². The summed E-state index contributed by atoms with van der Waals surface area (Å²) in [5.74, 6) is -0.143. The highest BCUT2D eigenvalue weighted by Crippen LogP contribution is 2.44. The second-order valence-electron chi connectivity index (χ2n) is 7.63. The Hall–Kier alpha value is -4.05. The number of nitrogens with two attached hydrogens (primary N) is 1. The lowest BCUT2D eigenvalue weighted by atomic mass is 9.76. The molecular weight excluding hydrogens is 404 g/mol. The highest BCUT2D eigenvalue weighted by Gasteiger charge is 2.40. The first-order chi connectivity index (χ1) is 15.5. The third-order valence-electron chi connectivity index (χ3n) is 5.69. The number of rotatable bonds is 5. The number of nitriles is 1. The summed E-state index contributed by atoms with van der Waals surface area (Å²) in [5, 5.41) is 11.4. The molecule has 32 heavy (non-hydrogen) atoms. The van der Waals surface area contributed by atoms with Crippen LogP contribution in [-0.4, -0.2) is 23.3 Å². The Balaban J connectivity index is 1.78. The zero-order chi connectivity index (χ0) is 22.7. The normalized spacial score (nSPS) is 18.2. The van der Waals surface area contributed by atoms with Gasteiger partial charge in [-0.05, 0) is 49.6 Å². The van der Waals surface area contributed by atoms with Crippen molar-refractivity contribution < 1.29 is 14.3 Å². The molecule has 162 valence electrons. The third-order valence-corrected chi connectivity index (χ3v) is 5.69. The zero-order valence-corrected chi connectivity index (χ0v) is 17.8. The van der Waals surface area contributed by atoms with Crippen molar-refractivity contribution in [2.45, 2.75) is 32.1 Å². The number of benzene rings is 2. The Labute approximate surface area is 186 Å². The van der Waals surface area contributed by atoms with Crippen molar-refractivity contribution in [2.24, 2.45) is 5.73 Å². The van der Waals surface area contributed by atoms with E-state index in [2.05, 4.69) is 11.5 Å². The molecule has 0 saturated heterocycles. The molecule has 0 spiro atoms. The number of carbonyl (C=O) groups excluding carboxylic acids is 2. The molecule has 2 aromatic rings. The van der Waals surface area contributed by atoms with Gasteiger partial charge in [0.1, 0.15) is 11.6 Å². The predicted octanol–water partition coefficient (Wildman–Crippen LogP) is 3.53. The standard InChI is InChI=1S/C25H24N4O3/c1-2-32-18-13-11-16(12-14-18)22-19(15-26)24(27)29(20-9-6-10-21(30)23(20)22)28-25(31)17-7-4-3-5-8-17/h3-5,7-8,11-14,22H,2,6,9-10,27H2,1H3,(H,28,31). The Morgan fingerprint density at radius 2 is 1.91 bits per heavy atom. The van der Waals surface area contributed by atoms with Crippen molar-refractivity contribution in [1.29, 1.82) is 5.26 Å². The summed E-state index contributed by atoms with van der Waals surface area (Å²) >= 11 is 0. The van der Waals surface area contributed by atoms with Crippen molar-refractivity contribution in [3.05, 3.63) is 88.4 Å². The summed E-state index contributed by atoms with van der Waals surface area (Å²) in [4.78, 5) is 25.9. The van der Waals surface area contributed by atoms with Crippen LogP contribution in [0.15, 0.2) is 77.3 Å². The monoisotopic (exact) mass is 428 g/mol. The molecule has 0 bridgehead atoms. The van der Waals surface area contributed by atoms with Crippen LogP contribution in [0, 0.1) is 11.3 Å². The number of ketones is 1. The van der Waals surface area contributed by atoms with Crippen LogP contribution in [0.4, 0.5) is 0 Å². The summed E-state index contributed by atoms with van der Waals surface area (Å²) in [6.07, 6.45) is 1.62. The van der Waals surface area contributed by atoms with E-state index in [1.54, 1.807) is 24.3 Å². The van der Waals surface area contributed by atoms with Gasteiger partial charge in [-0.2, -0.15) is 5.26 Å². The lowest BCUT2D eigenvalue weighted by molar-refractivity contribution is -0.116. The number of allylic oxidation sites excluding steroid dienone is 3. The smallest absolute Gasteiger partial charge is 0.270 e. The van der Waals surface area contributed by atoms with Crippen LogP contribution in [0.1, 0.15) is 48.0 Å². The number of nitrogens with zero attached hydrogens (tertiary/aromatic N) is 2. The molecule has 7 nitrogen and oxygen atoms in total. The van der Waals surface area contributed by atoms with E-state index >= 15 is 0 Å². The molecule has 1 aliphatic heterocycles. The fourth-order valence-electron chi connectivity index (χ4n) is 4.23. The predicted molar refractivity (Wildman–Crippen MR) is 119 cm³/mol. The van der Waals surface area contributed by atoms with Crippen molar-refractivity contribution in [1.82, 2.24) is 10.4 Å². The van der Waals surface area contributed by atoms with E-state index in [1.165, 1.54) is 5.01 Å². The van der Waals surface area contributed by atoms with Crippen LogP contribution < -0.4 is 15.9 Å². The highest BCUT2D eigenvalue weighted by molar-refractivity contribution is 6.00. The molecule has 1 unspecified atom stereocenters. The molecule has 2 aromatic carbocycles. The van der Waals surface area contributed by atoms with Crippen LogP contribution >= 0.6 is 0 Å². The number of carbonyl (C=O) groups is 2. The molecular formula is C25H24N4O3. The van der Waals surface area contributed by atoms with Gasteiger partial charge in [-0.25, -0.2) is 5.01 Å². The molecule has 0 aromatic heterocycles. The Morgan fingerprint density at radius 3 is 2.56 bits per heavy atom. The molecule has 2 aliphatic rings. The van der Waals surface area contributed by atoms with Crippen molar-refractivity contribution in [3.8, 4) is 11.8 Å². The van der Waals surface area contributed by atoms with Gasteiger partial charge in [0.25, 0.3) is 5.91 Å². The van der Waals surface area contributed by atoms with Gasteiger partial charge in [0.05, 0.1) is 24.2 Å². The summed E-state index contributed by atoms with van der Waals surface area (Å²) in [7, 11) is 0. The van der Waals surface area contributed by atoms with E-state index < -0.39 is 5.92 Å². The molecule has 4 rings (SSSR count). The fourth-order valence-corrected chi connectivity index (χ4v) is 4.23. The van der Waals surface area contributed by atoms with Gasteiger partial charge in [0, 0.05) is 23.3 Å². The number of hydrogen-bond donors (Lipinski definition) is 2. The molecule has 1 heterocycles. The van der Waals surface area contributed by atoms with Crippen molar-refractivity contribution in [2.75, 3.05) is 6.61 Å². The SMILES string of the molecule is CCOc1ccc(C2C(C#N)=C(N)N(NC(=O)c3ccccc3)C3=C2C(=O)CCC3)cc1. The summed E-state index contributed by atoms with van der Waals surface area (Å²) < 4.78 is 5.52. The fraction of sp³-hybridized carbons (Fsp3) is 0.240. The van der Waals surface area contributed by atoms with Gasteiger partial charge >= 0.3 is 0 Å². The first-order valence-electron chi connectivity index (χ1n) is 10.6. The molecule has 3 N–H and O–H groups in total. The maximum Gasteiger partial charge on any atom is 0.270 e. The lowest BCUT2D eigenvalue weighted by Gasteiger charge is -2.39. The molecule has 7 heteroatoms. The second kappa shape index (κ2) is 8.98. The van der Waals surface area contributed by atoms with E-state index in [9.17, 15) is 14.9 Å². The van der Waals surface area contributed by atoms with Crippen LogP contribution in [0.5, 0.6) is 5.75 Å². The number of hydrogen-bond acceptors (Lipinski definition) is 6. The van der Waals surface area contributed by atoms with Gasteiger partial charge in [0.15, 0.2) is 5.78 Å². The summed E-state index contributed by atoms with van der Waals surface area (Å²) in [6.45, 7) is 2.45. The number of ether oxygens (including phenoxy) is 1. The van der Waals surface area contributed by atoms with Gasteiger partial charge < -0.3 is 10.5 Å². The minimum absolute atomic E-state index is 0.0376. The Morgan fingerprint density at radius 1 is 1.19 bits per heavy atom. The first-order valence-corrected chi connectivity index (χ1v) is 10.6. The molecule has 0 saturated carbocycles. The minimum Gasteiger partial charge on any atom is -0.494 e. The second-order valence-corrected chi connectivity index (χ2v) is 7.63. The maximum absolute atomic E-state index is 13.1. The van der Waals surface area contributed by atoms with Crippen molar-refractivity contribution in [3.63, 3.8) is 0 Å². The van der Waals surface area contributed by atoms with Gasteiger partial charge in [-0.15, -0.1) is 0 Å². The highest BCUT2D eigenvalue weighted by atomic mass is 16.5. The number of Topliss-reactive ketones (excluding diaryl/α,β-unsaturated/α-hetero) is 1. The van der Waals surface area contributed by atoms with E-state index in [4.69, 9.17) is 10.5 Å². The van der Waals surface area contributed by atoms with E-state index in [0.717, 1.165) is 5.56 Å². The number of hydrazine groups is 1. The van der Waals surface area contributed by atoms with Crippen LogP contribution in [0.2, 0.25) is 0 Å². The van der Waals surface area contributed by atoms with Gasteiger partial charge in [0.2, 0.25) is 0 Å². The summed E-state index contributed by atoms with van der Waals surface area (Å²) in [6, 6.07) is 18.3. The zero-order valence-electron chi connectivity index (χ0n) is 17.8. The average molecular weight is 428 g/mol. The Bertz CT molecular complexity index is 1140. The van der Waals surface area contributed by atoms with E-state index in [-0.39, 0.29) is 23.1 Å². The molecule has 1 aliphatic carbocycles. The molecule has 0 radical (unpaired) electrons. The van der Waals surface area contributed by atoms with Gasteiger partial charge in [-0.1, -0.05) is 30.3 Å². The quantitative estimate of drug-likeness (QED) is 0.754. The number of nitrogens with one attached hydrogen (secondary N) is 1. The third kappa shape index (κ3) is 3.83. The van der Waals surface area contributed by atoms with Crippen LogP contribution in [-0.2, 0) is 4.79 Å².